The number of nitrogens with zero attached hydrogens (tertiary/aromatic N) is 1. The Hall–Kier alpha value is -1.99. The molecular formula is C19H25NO3. The second kappa shape index (κ2) is 8.59. The lowest BCUT2D eigenvalue weighted by Gasteiger charge is -2.32. The fourth-order valence-electron chi connectivity index (χ4n) is 2.97. The second-order valence-corrected chi connectivity index (χ2v) is 6.02. The quantitative estimate of drug-likeness (QED) is 0.598. The van der Waals surface area contributed by atoms with Crippen molar-refractivity contribution in [3.8, 4) is 18.1 Å². The van der Waals surface area contributed by atoms with Crippen molar-refractivity contribution in [2.45, 2.75) is 26.2 Å². The van der Waals surface area contributed by atoms with E-state index in [-0.39, 0.29) is 5.91 Å². The Morgan fingerprint density at radius 3 is 2.74 bits per heavy atom. The maximum absolute atomic E-state index is 12.4. The molecule has 1 aromatic carbocycles. The van der Waals surface area contributed by atoms with Crippen LogP contribution in [0, 0.1) is 25.2 Å². The Bertz CT molecular complexity index is 568. The molecule has 0 N–H and O–H groups in total. The van der Waals surface area contributed by atoms with Gasteiger partial charge in [-0.3, -0.25) is 4.79 Å². The highest BCUT2D eigenvalue weighted by Gasteiger charge is 2.23. The van der Waals surface area contributed by atoms with Crippen LogP contribution in [0.3, 0.4) is 0 Å². The summed E-state index contributed by atoms with van der Waals surface area (Å²) in [6.45, 7) is 4.67. The summed E-state index contributed by atoms with van der Waals surface area (Å²) < 4.78 is 10.7. The summed E-state index contributed by atoms with van der Waals surface area (Å²) in [5.74, 6) is 4.04. The van der Waals surface area contributed by atoms with Crippen molar-refractivity contribution >= 4 is 5.91 Å². The van der Waals surface area contributed by atoms with Crippen molar-refractivity contribution in [1.82, 2.24) is 4.90 Å². The summed E-state index contributed by atoms with van der Waals surface area (Å²) in [5.41, 5.74) is 2.09. The number of carbonyl (C=O) groups excluding carboxylic acids is 1. The Kier molecular flexibility index (Phi) is 6.49. The monoisotopic (exact) mass is 315 g/mol. The maximum atomic E-state index is 12.4. The minimum Gasteiger partial charge on any atom is -0.496 e. The normalized spacial score (nSPS) is 15.3. The van der Waals surface area contributed by atoms with Crippen molar-refractivity contribution in [3.63, 3.8) is 0 Å². The molecule has 2 rings (SSSR count). The zero-order valence-electron chi connectivity index (χ0n) is 14.0. The Morgan fingerprint density at radius 2 is 2.13 bits per heavy atom. The smallest absolute Gasteiger partial charge is 0.226 e. The zero-order chi connectivity index (χ0) is 16.7. The van der Waals surface area contributed by atoms with E-state index < -0.39 is 0 Å². The molecule has 0 atom stereocenters. The third-order valence-electron chi connectivity index (χ3n) is 4.32. The first-order valence-corrected chi connectivity index (χ1v) is 8.06. The van der Waals surface area contributed by atoms with Crippen LogP contribution in [-0.2, 0) is 16.0 Å². The number of hydrogen-bond donors (Lipinski definition) is 0. The third-order valence-corrected chi connectivity index (χ3v) is 4.32. The van der Waals surface area contributed by atoms with E-state index in [9.17, 15) is 4.79 Å². The molecule has 23 heavy (non-hydrogen) atoms. The number of likely N-dealkylation sites (tertiary alicyclic amines) is 1. The number of amides is 1. The number of hydrogen-bond acceptors (Lipinski definition) is 3. The average Bonchev–Trinajstić information content (AvgIpc) is 2.56. The van der Waals surface area contributed by atoms with Gasteiger partial charge in [-0.05, 0) is 42.9 Å². The van der Waals surface area contributed by atoms with Crippen LogP contribution in [0.5, 0.6) is 5.75 Å². The van der Waals surface area contributed by atoms with Gasteiger partial charge in [-0.2, -0.15) is 0 Å². The van der Waals surface area contributed by atoms with Gasteiger partial charge in [0.15, 0.2) is 0 Å². The highest BCUT2D eigenvalue weighted by Crippen LogP contribution is 2.21. The first-order chi connectivity index (χ1) is 11.1. The van der Waals surface area contributed by atoms with E-state index in [1.165, 1.54) is 0 Å². The van der Waals surface area contributed by atoms with Gasteiger partial charge in [0.1, 0.15) is 12.4 Å². The molecule has 0 aromatic heterocycles. The first-order valence-electron chi connectivity index (χ1n) is 8.06. The number of aryl methyl sites for hydroxylation is 1. The molecule has 0 aliphatic carbocycles. The summed E-state index contributed by atoms with van der Waals surface area (Å²) in [4.78, 5) is 14.4. The molecule has 1 fully saturated rings. The second-order valence-electron chi connectivity index (χ2n) is 6.02. The minimum atomic E-state index is 0.192. The summed E-state index contributed by atoms with van der Waals surface area (Å²) in [6.07, 6.45) is 7.59. The lowest BCUT2D eigenvalue weighted by atomic mass is 9.97. The molecule has 0 saturated carbocycles. The predicted molar refractivity (Wildman–Crippen MR) is 90.4 cm³/mol. The maximum Gasteiger partial charge on any atom is 0.226 e. The lowest BCUT2D eigenvalue weighted by molar-refractivity contribution is -0.132. The fourth-order valence-corrected chi connectivity index (χ4v) is 2.97. The minimum absolute atomic E-state index is 0.192. The molecule has 1 heterocycles. The molecule has 1 aliphatic heterocycles. The van der Waals surface area contributed by atoms with Crippen LogP contribution in [0.25, 0.3) is 0 Å². The highest BCUT2D eigenvalue weighted by atomic mass is 16.5. The molecule has 1 amide bonds. The Balaban J connectivity index is 1.81. The van der Waals surface area contributed by atoms with Crippen LogP contribution in [-0.4, -0.2) is 44.2 Å². The molecule has 1 aliphatic rings. The Morgan fingerprint density at radius 1 is 1.39 bits per heavy atom. The summed E-state index contributed by atoms with van der Waals surface area (Å²) in [6, 6.07) is 5.91. The van der Waals surface area contributed by atoms with E-state index in [1.807, 2.05) is 30.0 Å². The topological polar surface area (TPSA) is 38.8 Å². The van der Waals surface area contributed by atoms with E-state index >= 15 is 0 Å². The van der Waals surface area contributed by atoms with Crippen LogP contribution < -0.4 is 4.74 Å². The van der Waals surface area contributed by atoms with Gasteiger partial charge in [-0.1, -0.05) is 18.1 Å². The molecular weight excluding hydrogens is 290 g/mol. The number of rotatable bonds is 6. The van der Waals surface area contributed by atoms with E-state index in [0.717, 1.165) is 42.8 Å². The molecule has 1 saturated heterocycles. The largest absolute Gasteiger partial charge is 0.496 e. The van der Waals surface area contributed by atoms with Gasteiger partial charge in [0.2, 0.25) is 5.91 Å². The van der Waals surface area contributed by atoms with Gasteiger partial charge < -0.3 is 14.4 Å². The van der Waals surface area contributed by atoms with E-state index in [1.54, 1.807) is 7.11 Å². The van der Waals surface area contributed by atoms with Crippen LogP contribution >= 0.6 is 0 Å². The van der Waals surface area contributed by atoms with Crippen LogP contribution in [0.1, 0.15) is 24.0 Å². The standard InChI is InChI=1S/C19H25NO3/c1-4-11-23-14-16-7-9-20(10-8-16)19(21)13-17-5-6-18(22-3)15(2)12-17/h1,5-6,12,16H,7-11,13-14H2,2-3H3. The van der Waals surface area contributed by atoms with E-state index in [0.29, 0.717) is 25.6 Å². The molecule has 4 nitrogen and oxygen atoms in total. The number of carbonyl (C=O) groups is 1. The fraction of sp³-hybridized carbons (Fsp3) is 0.526. The van der Waals surface area contributed by atoms with Crippen LogP contribution in [0.15, 0.2) is 18.2 Å². The van der Waals surface area contributed by atoms with E-state index in [2.05, 4.69) is 5.92 Å². The van der Waals surface area contributed by atoms with Crippen molar-refractivity contribution in [3.05, 3.63) is 29.3 Å². The Labute approximate surface area is 138 Å². The third kappa shape index (κ3) is 5.01. The number of terminal acetylenes is 1. The number of benzene rings is 1. The van der Waals surface area contributed by atoms with Crippen molar-refractivity contribution in [2.75, 3.05) is 33.4 Å². The van der Waals surface area contributed by atoms with Crippen LogP contribution in [0.2, 0.25) is 0 Å². The average molecular weight is 315 g/mol. The lowest BCUT2D eigenvalue weighted by Crippen LogP contribution is -2.40. The van der Waals surface area contributed by atoms with Crippen molar-refractivity contribution < 1.29 is 14.3 Å². The van der Waals surface area contributed by atoms with Gasteiger partial charge in [-0.15, -0.1) is 6.42 Å². The van der Waals surface area contributed by atoms with Gasteiger partial charge in [0.05, 0.1) is 20.1 Å². The summed E-state index contributed by atoms with van der Waals surface area (Å²) >= 11 is 0. The van der Waals surface area contributed by atoms with Gasteiger partial charge in [0.25, 0.3) is 0 Å². The summed E-state index contributed by atoms with van der Waals surface area (Å²) in [7, 11) is 1.66. The van der Waals surface area contributed by atoms with Gasteiger partial charge >= 0.3 is 0 Å². The highest BCUT2D eigenvalue weighted by molar-refractivity contribution is 5.79. The SMILES string of the molecule is C#CCOCC1CCN(C(=O)Cc2ccc(OC)c(C)c2)CC1. The molecule has 0 radical (unpaired) electrons. The zero-order valence-corrected chi connectivity index (χ0v) is 14.0. The molecule has 0 unspecified atom stereocenters. The molecule has 4 heteroatoms. The molecule has 124 valence electrons. The van der Waals surface area contributed by atoms with Gasteiger partial charge in [-0.25, -0.2) is 0 Å². The summed E-state index contributed by atoms with van der Waals surface area (Å²) in [5, 5.41) is 0. The van der Waals surface area contributed by atoms with Gasteiger partial charge in [0, 0.05) is 13.1 Å². The first kappa shape index (κ1) is 17.4. The molecule has 1 aromatic rings. The molecule has 0 spiro atoms. The van der Waals surface area contributed by atoms with E-state index in [4.69, 9.17) is 15.9 Å². The number of piperidine rings is 1. The number of methoxy groups -OCH3 is 1. The predicted octanol–water partition coefficient (Wildman–Crippen LogP) is 2.43. The van der Waals surface area contributed by atoms with Crippen molar-refractivity contribution in [1.29, 1.82) is 0 Å². The van der Waals surface area contributed by atoms with Crippen molar-refractivity contribution in [2.24, 2.45) is 5.92 Å². The van der Waals surface area contributed by atoms with Crippen LogP contribution in [0.4, 0.5) is 0 Å². The number of ether oxygens (including phenoxy) is 2. The molecule has 0 bridgehead atoms.